The minimum Gasteiger partial charge on any atom is -0.396 e. The Morgan fingerprint density at radius 1 is 0.710 bits per heavy atom. The van der Waals surface area contributed by atoms with Gasteiger partial charge in [-0.05, 0) is 67.4 Å². The SMILES string of the molecule is Cc1cccc(C(C)(CCO)CCCC(O)CCCC(C)(CCO)c2ccccc2)c1. The van der Waals surface area contributed by atoms with Gasteiger partial charge in [-0.25, -0.2) is 0 Å². The van der Waals surface area contributed by atoms with Gasteiger partial charge in [0.2, 0.25) is 0 Å². The molecule has 0 saturated heterocycles. The molecule has 3 nitrogen and oxygen atoms in total. The van der Waals surface area contributed by atoms with Gasteiger partial charge in [0.15, 0.2) is 0 Å². The van der Waals surface area contributed by atoms with Crippen LogP contribution in [0, 0.1) is 6.92 Å². The Morgan fingerprint density at radius 3 is 1.74 bits per heavy atom. The lowest BCUT2D eigenvalue weighted by Gasteiger charge is -2.31. The zero-order valence-electron chi connectivity index (χ0n) is 19.7. The molecule has 0 aliphatic rings. The van der Waals surface area contributed by atoms with Crippen LogP contribution in [0.2, 0.25) is 0 Å². The van der Waals surface area contributed by atoms with Gasteiger partial charge in [0.1, 0.15) is 0 Å². The van der Waals surface area contributed by atoms with Gasteiger partial charge in [0.05, 0.1) is 6.10 Å². The summed E-state index contributed by atoms with van der Waals surface area (Å²) in [7, 11) is 0. The smallest absolute Gasteiger partial charge is 0.0540 e. The van der Waals surface area contributed by atoms with Crippen molar-refractivity contribution < 1.29 is 15.3 Å². The van der Waals surface area contributed by atoms with Crippen molar-refractivity contribution in [3.63, 3.8) is 0 Å². The molecule has 0 radical (unpaired) electrons. The maximum atomic E-state index is 10.6. The van der Waals surface area contributed by atoms with E-state index in [-0.39, 0.29) is 30.1 Å². The number of hydrogen-bond acceptors (Lipinski definition) is 3. The fraction of sp³-hybridized carbons (Fsp3) is 0.571. The Morgan fingerprint density at radius 2 is 1.23 bits per heavy atom. The second-order valence-corrected chi connectivity index (χ2v) is 9.74. The van der Waals surface area contributed by atoms with Crippen molar-refractivity contribution in [1.29, 1.82) is 0 Å². The number of aryl methyl sites for hydroxylation is 1. The summed E-state index contributed by atoms with van der Waals surface area (Å²) < 4.78 is 0. The van der Waals surface area contributed by atoms with Crippen LogP contribution in [0.1, 0.15) is 81.9 Å². The molecule has 3 unspecified atom stereocenters. The van der Waals surface area contributed by atoms with Crippen molar-refractivity contribution in [1.82, 2.24) is 0 Å². The summed E-state index contributed by atoms with van der Waals surface area (Å²) in [6.07, 6.45) is 6.55. The summed E-state index contributed by atoms with van der Waals surface area (Å²) in [6.45, 7) is 6.90. The lowest BCUT2D eigenvalue weighted by Crippen LogP contribution is -2.25. The van der Waals surface area contributed by atoms with Crippen LogP contribution in [0.4, 0.5) is 0 Å². The number of benzene rings is 2. The molecule has 3 N–H and O–H groups in total. The molecule has 0 aromatic heterocycles. The average molecular weight is 427 g/mol. The summed E-state index contributed by atoms with van der Waals surface area (Å²) >= 11 is 0. The van der Waals surface area contributed by atoms with Crippen LogP contribution in [0.5, 0.6) is 0 Å². The third-order valence-electron chi connectivity index (χ3n) is 7.04. The van der Waals surface area contributed by atoms with Crippen LogP contribution in [0.25, 0.3) is 0 Å². The highest BCUT2D eigenvalue weighted by atomic mass is 16.3. The topological polar surface area (TPSA) is 60.7 Å². The molecule has 0 saturated carbocycles. The fourth-order valence-corrected chi connectivity index (χ4v) is 4.78. The van der Waals surface area contributed by atoms with E-state index in [4.69, 9.17) is 0 Å². The normalized spacial score (nSPS) is 16.5. The van der Waals surface area contributed by atoms with E-state index >= 15 is 0 Å². The average Bonchev–Trinajstić information content (AvgIpc) is 2.75. The Bertz CT molecular complexity index is 760. The lowest BCUT2D eigenvalue weighted by molar-refractivity contribution is 0.138. The predicted molar refractivity (Wildman–Crippen MR) is 129 cm³/mol. The van der Waals surface area contributed by atoms with Crippen molar-refractivity contribution in [2.45, 2.75) is 89.1 Å². The molecule has 31 heavy (non-hydrogen) atoms. The molecule has 0 fully saturated rings. The van der Waals surface area contributed by atoms with Crippen LogP contribution < -0.4 is 0 Å². The Hall–Kier alpha value is -1.68. The highest BCUT2D eigenvalue weighted by Crippen LogP contribution is 2.35. The lowest BCUT2D eigenvalue weighted by atomic mass is 9.74. The van der Waals surface area contributed by atoms with Crippen LogP contribution in [-0.2, 0) is 10.8 Å². The van der Waals surface area contributed by atoms with E-state index in [1.807, 2.05) is 6.07 Å². The molecule has 0 aliphatic heterocycles. The molecular formula is C28H42O3. The maximum absolute atomic E-state index is 10.6. The molecular weight excluding hydrogens is 384 g/mol. The van der Waals surface area contributed by atoms with E-state index in [0.29, 0.717) is 0 Å². The van der Waals surface area contributed by atoms with Crippen LogP contribution in [0.15, 0.2) is 54.6 Å². The quantitative estimate of drug-likeness (QED) is 0.364. The van der Waals surface area contributed by atoms with Crippen molar-refractivity contribution in [2.75, 3.05) is 13.2 Å². The Kier molecular flexibility index (Phi) is 10.2. The standard InChI is InChI=1S/C28H42O3/c1-23-10-7-13-25(22-23)28(3,19-21-30)17-9-15-26(31)14-8-16-27(2,18-20-29)24-11-5-4-6-12-24/h4-7,10-13,22,26,29-31H,8-9,14-21H2,1-3H3. The van der Waals surface area contributed by atoms with Gasteiger partial charge < -0.3 is 15.3 Å². The van der Waals surface area contributed by atoms with Crippen LogP contribution in [0.3, 0.4) is 0 Å². The second kappa shape index (κ2) is 12.4. The van der Waals surface area contributed by atoms with E-state index < -0.39 is 0 Å². The van der Waals surface area contributed by atoms with Gasteiger partial charge in [-0.15, -0.1) is 0 Å². The zero-order valence-corrected chi connectivity index (χ0v) is 19.7. The van der Waals surface area contributed by atoms with Gasteiger partial charge in [-0.1, -0.05) is 86.8 Å². The first kappa shape index (κ1) is 25.6. The van der Waals surface area contributed by atoms with E-state index in [2.05, 4.69) is 69.3 Å². The van der Waals surface area contributed by atoms with E-state index in [0.717, 1.165) is 51.4 Å². The largest absolute Gasteiger partial charge is 0.396 e. The first-order valence-electron chi connectivity index (χ1n) is 11.9. The highest BCUT2D eigenvalue weighted by molar-refractivity contribution is 5.29. The van der Waals surface area contributed by atoms with Crippen molar-refractivity contribution in [3.8, 4) is 0 Å². The van der Waals surface area contributed by atoms with Crippen molar-refractivity contribution in [2.24, 2.45) is 0 Å². The van der Waals surface area contributed by atoms with Gasteiger partial charge in [0, 0.05) is 13.2 Å². The van der Waals surface area contributed by atoms with Crippen LogP contribution >= 0.6 is 0 Å². The summed E-state index contributed by atoms with van der Waals surface area (Å²) in [5.74, 6) is 0. The Balaban J connectivity index is 1.84. The van der Waals surface area contributed by atoms with Crippen molar-refractivity contribution >= 4 is 0 Å². The number of aliphatic hydroxyl groups excluding tert-OH is 3. The second-order valence-electron chi connectivity index (χ2n) is 9.74. The first-order valence-corrected chi connectivity index (χ1v) is 11.9. The van der Waals surface area contributed by atoms with E-state index in [1.165, 1.54) is 16.7 Å². The molecule has 2 aromatic carbocycles. The molecule has 0 amide bonds. The molecule has 0 heterocycles. The molecule has 0 bridgehead atoms. The van der Waals surface area contributed by atoms with Crippen molar-refractivity contribution in [3.05, 3.63) is 71.3 Å². The number of aliphatic hydroxyl groups is 3. The highest BCUT2D eigenvalue weighted by Gasteiger charge is 2.27. The number of rotatable bonds is 14. The summed E-state index contributed by atoms with van der Waals surface area (Å²) in [6, 6.07) is 19.0. The molecule has 0 aliphatic carbocycles. The number of hydrogen-bond donors (Lipinski definition) is 3. The minimum absolute atomic E-state index is 0.0550. The Labute approximate surface area is 189 Å². The third-order valence-corrected chi connectivity index (χ3v) is 7.04. The molecule has 3 atom stereocenters. The molecule has 2 aromatic rings. The molecule has 3 heteroatoms. The zero-order chi connectivity index (χ0) is 22.7. The maximum Gasteiger partial charge on any atom is 0.0540 e. The van der Waals surface area contributed by atoms with Gasteiger partial charge in [-0.2, -0.15) is 0 Å². The summed E-state index contributed by atoms with van der Waals surface area (Å²) in [5.41, 5.74) is 3.66. The monoisotopic (exact) mass is 426 g/mol. The van der Waals surface area contributed by atoms with Gasteiger partial charge in [-0.3, -0.25) is 0 Å². The molecule has 172 valence electrons. The van der Waals surface area contributed by atoms with E-state index in [1.54, 1.807) is 0 Å². The first-order chi connectivity index (χ1) is 14.8. The summed E-state index contributed by atoms with van der Waals surface area (Å²) in [5, 5.41) is 29.7. The summed E-state index contributed by atoms with van der Waals surface area (Å²) in [4.78, 5) is 0. The van der Waals surface area contributed by atoms with Crippen LogP contribution in [-0.4, -0.2) is 34.6 Å². The fourth-order valence-electron chi connectivity index (χ4n) is 4.78. The van der Waals surface area contributed by atoms with E-state index in [9.17, 15) is 15.3 Å². The minimum atomic E-state index is -0.301. The third kappa shape index (κ3) is 7.75. The van der Waals surface area contributed by atoms with Gasteiger partial charge in [0.25, 0.3) is 0 Å². The van der Waals surface area contributed by atoms with Gasteiger partial charge >= 0.3 is 0 Å². The molecule has 0 spiro atoms. The predicted octanol–water partition coefficient (Wildman–Crippen LogP) is 5.68. The molecule has 2 rings (SSSR count).